The first kappa shape index (κ1) is 50.7. The van der Waals surface area contributed by atoms with Gasteiger partial charge in [-0.1, -0.05) is 122 Å². The number of methoxy groups -OCH3 is 1. The Morgan fingerprint density at radius 1 is 0.797 bits per heavy atom. The maximum absolute atomic E-state index is 16.9. The van der Waals surface area contributed by atoms with Crippen molar-refractivity contribution in [1.82, 2.24) is 35.0 Å². The van der Waals surface area contributed by atoms with Crippen LogP contribution in [0.15, 0.2) is 146 Å². The molecule has 3 saturated heterocycles. The number of amides is 4. The molecule has 12 rings (SSSR count). The number of para-hydroxylation sites is 1. The summed E-state index contributed by atoms with van der Waals surface area (Å²) in [5, 5.41) is 22.3. The normalized spacial score (nSPS) is 22.8. The van der Waals surface area contributed by atoms with Crippen LogP contribution in [0.2, 0.25) is 0 Å². The van der Waals surface area contributed by atoms with Crippen LogP contribution < -0.4 is 19.7 Å². The molecule has 5 aliphatic heterocycles. The number of cyclic esters (lactones) is 1. The van der Waals surface area contributed by atoms with E-state index < -0.39 is 77.3 Å². The molecule has 0 aliphatic carbocycles. The molecule has 7 atom stereocenters. The molecular weight excluding hydrogens is 1000 g/mol. The first-order chi connectivity index (χ1) is 38.4. The lowest BCUT2D eigenvalue weighted by Crippen LogP contribution is -2.59. The van der Waals surface area contributed by atoms with E-state index in [0.29, 0.717) is 53.3 Å². The van der Waals surface area contributed by atoms with Crippen LogP contribution in [0, 0.1) is 23.7 Å². The predicted molar refractivity (Wildman–Crippen MR) is 288 cm³/mol. The molecule has 0 bridgehead atoms. The highest BCUT2D eigenvalue weighted by molar-refractivity contribution is 6.25. The molecule has 18 nitrogen and oxygen atoms in total. The summed E-state index contributed by atoms with van der Waals surface area (Å²) >= 11 is 0. The van der Waals surface area contributed by atoms with Gasteiger partial charge >= 0.3 is 18.0 Å². The minimum absolute atomic E-state index is 0.0576. The van der Waals surface area contributed by atoms with Gasteiger partial charge in [-0.3, -0.25) is 24.2 Å². The minimum Gasteiger partial charge on any atom is -0.508 e. The SMILES string of the molecule is COC(=O)[C@@H](NC(=O)N1C(=O)[C@@]2(c3cc(C#CCn4nnc5ccccc54)ccc31)[C@H](C(=O)N1CCN(Cc3ccc4c(c3)OCO4)CC1)[C@H]1C(=O)O[C@H](c3ccccc3)[C@H](c3ccccc3)N1[C@@H]2c1ccc(O)cc1)C(C)C. The Labute approximate surface area is 455 Å². The Morgan fingerprint density at radius 3 is 2.24 bits per heavy atom. The average Bonchev–Trinajstić information content (AvgIpc) is 3.92. The van der Waals surface area contributed by atoms with Gasteiger partial charge < -0.3 is 34.3 Å². The largest absolute Gasteiger partial charge is 0.508 e. The Kier molecular flexibility index (Phi) is 13.3. The van der Waals surface area contributed by atoms with Crippen LogP contribution in [0.25, 0.3) is 11.0 Å². The van der Waals surface area contributed by atoms with E-state index in [4.69, 9.17) is 18.9 Å². The summed E-state index contributed by atoms with van der Waals surface area (Å²) in [5.74, 6) is 3.01. The molecule has 6 aromatic carbocycles. The lowest BCUT2D eigenvalue weighted by atomic mass is 9.64. The Bertz CT molecular complexity index is 3580. The Balaban J connectivity index is 1.05. The standard InChI is InChI=1S/C61H56N8O10/c1-37(2)51(57(72)76-3)62-60(75)68-46-26-20-38(13-12-28-67-47-19-11-10-18-45(47)63-64-67)33-44(46)61(59(68)74)50(56(71)66-31-29-65(30-32-66)35-39-21-27-48-49(34-39)78-36-77-48)53-58(73)79-54(41-16-8-5-9-17-41)52(40-14-6-4-7-15-40)69(53)55(61)42-22-24-43(70)25-23-42/h4-11,14-27,33-34,37,50-55,70H,28-32,35-36H2,1-3H3,(H,62,75)/t50-,51-,52-,53-,54+,55+,61-/m0/s1. The van der Waals surface area contributed by atoms with Crippen molar-refractivity contribution in [2.75, 3.05) is 45.0 Å². The van der Waals surface area contributed by atoms with Gasteiger partial charge in [0, 0.05) is 38.3 Å². The van der Waals surface area contributed by atoms with Crippen LogP contribution in [-0.4, -0.2) is 117 Å². The van der Waals surface area contributed by atoms with Crippen molar-refractivity contribution in [2.45, 2.75) is 62.6 Å². The number of rotatable bonds is 10. The number of nitrogens with one attached hydrogen (secondary N) is 1. The number of phenolic OH excluding ortho intramolecular Hbond substituents is 1. The molecule has 7 aromatic rings. The second kappa shape index (κ2) is 20.7. The number of aromatic nitrogens is 3. The highest BCUT2D eigenvalue weighted by Gasteiger charge is 2.76. The highest BCUT2D eigenvalue weighted by Crippen LogP contribution is 2.66. The van der Waals surface area contributed by atoms with Crippen LogP contribution in [0.1, 0.15) is 65.4 Å². The van der Waals surface area contributed by atoms with E-state index in [0.717, 1.165) is 21.5 Å². The van der Waals surface area contributed by atoms with Crippen LogP contribution in [-0.2, 0) is 47.2 Å². The number of fused-ring (bicyclic) bond motifs is 5. The zero-order valence-electron chi connectivity index (χ0n) is 43.6. The second-order valence-corrected chi connectivity index (χ2v) is 20.7. The predicted octanol–water partition coefficient (Wildman–Crippen LogP) is 6.83. The number of esters is 2. The Hall–Kier alpha value is -9.05. The number of piperazine rings is 1. The highest BCUT2D eigenvalue weighted by atomic mass is 16.7. The number of aromatic hydroxyl groups is 1. The van der Waals surface area contributed by atoms with Crippen molar-refractivity contribution < 1.29 is 48.0 Å². The first-order valence-corrected chi connectivity index (χ1v) is 26.4. The minimum atomic E-state index is -2.11. The Morgan fingerprint density at radius 2 is 1.51 bits per heavy atom. The summed E-state index contributed by atoms with van der Waals surface area (Å²) in [4.78, 5) is 84.7. The molecule has 400 valence electrons. The molecule has 3 fully saturated rings. The molecule has 1 spiro atoms. The fourth-order valence-corrected chi connectivity index (χ4v) is 12.3. The molecule has 5 aliphatic rings. The van der Waals surface area contributed by atoms with Crippen molar-refractivity contribution in [2.24, 2.45) is 11.8 Å². The zero-order chi connectivity index (χ0) is 54.5. The van der Waals surface area contributed by atoms with Crippen molar-refractivity contribution in [3.8, 4) is 29.1 Å². The topological polar surface area (TPSA) is 198 Å². The van der Waals surface area contributed by atoms with Gasteiger partial charge in [0.2, 0.25) is 18.6 Å². The van der Waals surface area contributed by atoms with Gasteiger partial charge in [-0.2, -0.15) is 0 Å². The smallest absolute Gasteiger partial charge is 0.329 e. The number of ether oxygens (including phenoxy) is 4. The third kappa shape index (κ3) is 8.84. The van der Waals surface area contributed by atoms with Crippen LogP contribution in [0.3, 0.4) is 0 Å². The van der Waals surface area contributed by atoms with Gasteiger partial charge in [-0.25, -0.2) is 19.2 Å². The van der Waals surface area contributed by atoms with E-state index >= 15 is 19.2 Å². The molecular formula is C61H56N8O10. The fraction of sp³-hybridized carbons (Fsp3) is 0.295. The molecule has 0 radical (unpaired) electrons. The third-order valence-electron chi connectivity index (χ3n) is 15.9. The molecule has 4 amide bonds. The van der Waals surface area contributed by atoms with Crippen molar-refractivity contribution in [1.29, 1.82) is 0 Å². The zero-order valence-corrected chi connectivity index (χ0v) is 43.6. The second-order valence-electron chi connectivity index (χ2n) is 20.7. The number of morpholine rings is 1. The number of hydrogen-bond donors (Lipinski definition) is 2. The lowest BCUT2D eigenvalue weighted by Gasteiger charge is -2.46. The number of imide groups is 1. The summed E-state index contributed by atoms with van der Waals surface area (Å²) < 4.78 is 24.7. The van der Waals surface area contributed by atoms with Crippen LogP contribution >= 0.6 is 0 Å². The summed E-state index contributed by atoms with van der Waals surface area (Å²) in [6.07, 6.45) is -0.954. The van der Waals surface area contributed by atoms with Gasteiger partial charge in [0.1, 0.15) is 41.4 Å². The number of nitrogens with zero attached hydrogens (tertiary/aromatic N) is 7. The van der Waals surface area contributed by atoms with Gasteiger partial charge in [0.15, 0.2) is 11.5 Å². The molecule has 79 heavy (non-hydrogen) atoms. The number of phenols is 1. The van der Waals surface area contributed by atoms with Crippen LogP contribution in [0.5, 0.6) is 17.2 Å². The maximum atomic E-state index is 16.9. The lowest BCUT2D eigenvalue weighted by molar-refractivity contribution is -0.179. The molecule has 0 saturated carbocycles. The first-order valence-electron chi connectivity index (χ1n) is 26.4. The molecule has 1 aromatic heterocycles. The number of carbonyl (C=O) groups is 5. The number of hydrogen-bond acceptors (Lipinski definition) is 14. The van der Waals surface area contributed by atoms with Gasteiger partial charge in [-0.15, -0.1) is 5.10 Å². The number of urea groups is 1. The molecule has 2 N–H and O–H groups in total. The molecule has 18 heteroatoms. The quantitative estimate of drug-likeness (QED) is 0.107. The summed E-state index contributed by atoms with van der Waals surface area (Å²) in [6.45, 7) is 5.73. The van der Waals surface area contributed by atoms with Crippen LogP contribution in [0.4, 0.5) is 10.5 Å². The number of anilines is 1. The maximum Gasteiger partial charge on any atom is 0.329 e. The van der Waals surface area contributed by atoms with Crippen molar-refractivity contribution in [3.63, 3.8) is 0 Å². The van der Waals surface area contributed by atoms with Gasteiger partial charge in [0.25, 0.3) is 0 Å². The molecule has 6 heterocycles. The van der Waals surface area contributed by atoms with Gasteiger partial charge in [0.05, 0.1) is 36.3 Å². The molecule has 0 unspecified atom stereocenters. The van der Waals surface area contributed by atoms with E-state index in [1.54, 1.807) is 53.8 Å². The van der Waals surface area contributed by atoms with E-state index in [1.165, 1.54) is 19.2 Å². The van der Waals surface area contributed by atoms with E-state index in [2.05, 4.69) is 32.4 Å². The third-order valence-corrected chi connectivity index (χ3v) is 15.9. The summed E-state index contributed by atoms with van der Waals surface area (Å²) in [6, 6.07) is 38.1. The van der Waals surface area contributed by atoms with Crippen molar-refractivity contribution >= 4 is 46.5 Å². The monoisotopic (exact) mass is 1060 g/mol. The average molecular weight is 1060 g/mol. The van der Waals surface area contributed by atoms with E-state index in [1.807, 2.05) is 108 Å². The number of carbonyl (C=O) groups excluding carboxylic acids is 5. The van der Waals surface area contributed by atoms with E-state index in [-0.39, 0.29) is 43.4 Å². The van der Waals surface area contributed by atoms with Gasteiger partial charge in [-0.05, 0) is 88.3 Å². The summed E-state index contributed by atoms with van der Waals surface area (Å²) in [7, 11) is 1.22. The van der Waals surface area contributed by atoms with Crippen molar-refractivity contribution in [3.05, 3.63) is 179 Å². The van der Waals surface area contributed by atoms with E-state index in [9.17, 15) is 9.90 Å². The fourth-order valence-electron chi connectivity index (χ4n) is 12.3. The summed E-state index contributed by atoms with van der Waals surface area (Å²) in [5.41, 5.74) is 3.09. The number of benzene rings is 6.